The number of amides is 2. The maximum Gasteiger partial charge on any atom is 0.244 e. The molecule has 0 atom stereocenters. The van der Waals surface area contributed by atoms with Crippen molar-refractivity contribution in [2.45, 2.75) is 38.6 Å². The molecule has 19 heavy (non-hydrogen) atoms. The van der Waals surface area contributed by atoms with Crippen LogP contribution in [0.5, 0.6) is 0 Å². The Morgan fingerprint density at radius 3 is 2.42 bits per heavy atom. The van der Waals surface area contributed by atoms with Gasteiger partial charge in [-0.2, -0.15) is 0 Å². The molecular formula is C14H19N3O2. The number of hydrogen-bond donors (Lipinski definition) is 3. The van der Waals surface area contributed by atoms with E-state index in [2.05, 4.69) is 10.6 Å². The number of carbonyl (C=O) groups excluding carboxylic acids is 2. The minimum absolute atomic E-state index is 0.115. The zero-order valence-corrected chi connectivity index (χ0v) is 11.2. The Morgan fingerprint density at radius 2 is 1.95 bits per heavy atom. The van der Waals surface area contributed by atoms with Gasteiger partial charge in [0.05, 0.1) is 5.54 Å². The van der Waals surface area contributed by atoms with Gasteiger partial charge in [0, 0.05) is 18.3 Å². The van der Waals surface area contributed by atoms with Gasteiger partial charge in [0.1, 0.15) is 0 Å². The molecule has 1 fully saturated rings. The largest absolute Gasteiger partial charge is 0.326 e. The molecule has 0 heterocycles. The fourth-order valence-corrected chi connectivity index (χ4v) is 2.11. The third kappa shape index (κ3) is 2.93. The third-order valence-corrected chi connectivity index (χ3v) is 3.49. The molecule has 0 saturated heterocycles. The normalized spacial score (nSPS) is 16.4. The van der Waals surface area contributed by atoms with Crippen LogP contribution >= 0.6 is 0 Å². The van der Waals surface area contributed by atoms with Crippen molar-refractivity contribution in [1.29, 1.82) is 0 Å². The molecule has 2 amide bonds. The van der Waals surface area contributed by atoms with E-state index in [1.54, 1.807) is 12.1 Å². The summed E-state index contributed by atoms with van der Waals surface area (Å²) in [6, 6.07) is 5.36. The first-order valence-corrected chi connectivity index (χ1v) is 6.39. The highest BCUT2D eigenvalue weighted by molar-refractivity contribution is 5.99. The van der Waals surface area contributed by atoms with Crippen molar-refractivity contribution in [3.8, 4) is 0 Å². The standard InChI is InChI=1S/C14H19N3O2/c1-9-8-11(4-5-12(9)16-10(2)18)17-13(19)14(15)6-3-7-14/h4-5,8H,3,6-7,15H2,1-2H3,(H,16,18)(H,17,19). The lowest BCUT2D eigenvalue weighted by Gasteiger charge is -2.36. The van der Waals surface area contributed by atoms with Crippen LogP contribution in [0.1, 0.15) is 31.7 Å². The molecule has 1 aliphatic rings. The highest BCUT2D eigenvalue weighted by Crippen LogP contribution is 2.30. The van der Waals surface area contributed by atoms with Gasteiger partial charge in [0.25, 0.3) is 0 Å². The molecule has 1 aromatic rings. The van der Waals surface area contributed by atoms with E-state index < -0.39 is 5.54 Å². The Hall–Kier alpha value is -1.88. The second-order valence-corrected chi connectivity index (χ2v) is 5.17. The van der Waals surface area contributed by atoms with Gasteiger partial charge in [-0.25, -0.2) is 0 Å². The number of hydrogen-bond acceptors (Lipinski definition) is 3. The first kappa shape index (κ1) is 13.5. The van der Waals surface area contributed by atoms with Gasteiger partial charge in [-0.05, 0) is 49.9 Å². The molecule has 0 aromatic heterocycles. The number of anilines is 2. The van der Waals surface area contributed by atoms with Gasteiger partial charge >= 0.3 is 0 Å². The van der Waals surface area contributed by atoms with Crippen molar-refractivity contribution in [3.63, 3.8) is 0 Å². The van der Waals surface area contributed by atoms with Crippen molar-refractivity contribution in [1.82, 2.24) is 0 Å². The maximum atomic E-state index is 12.0. The lowest BCUT2D eigenvalue weighted by molar-refractivity contribution is -0.123. The van der Waals surface area contributed by atoms with Crippen LogP contribution in [0.2, 0.25) is 0 Å². The molecule has 0 spiro atoms. The molecule has 1 saturated carbocycles. The molecule has 0 aliphatic heterocycles. The summed E-state index contributed by atoms with van der Waals surface area (Å²) in [6.45, 7) is 3.34. The third-order valence-electron chi connectivity index (χ3n) is 3.49. The first-order chi connectivity index (χ1) is 8.90. The molecule has 102 valence electrons. The fourth-order valence-electron chi connectivity index (χ4n) is 2.11. The van der Waals surface area contributed by atoms with E-state index in [9.17, 15) is 9.59 Å². The molecular weight excluding hydrogens is 242 g/mol. The number of rotatable bonds is 3. The smallest absolute Gasteiger partial charge is 0.244 e. The van der Waals surface area contributed by atoms with E-state index >= 15 is 0 Å². The van der Waals surface area contributed by atoms with Crippen molar-refractivity contribution >= 4 is 23.2 Å². The van der Waals surface area contributed by atoms with Crippen LogP contribution in [0.15, 0.2) is 18.2 Å². The fraction of sp³-hybridized carbons (Fsp3) is 0.429. The van der Waals surface area contributed by atoms with Gasteiger partial charge in [-0.1, -0.05) is 0 Å². The van der Waals surface area contributed by atoms with E-state index in [1.807, 2.05) is 13.0 Å². The van der Waals surface area contributed by atoms with Crippen molar-refractivity contribution in [3.05, 3.63) is 23.8 Å². The number of nitrogens with one attached hydrogen (secondary N) is 2. The predicted molar refractivity (Wildman–Crippen MR) is 74.9 cm³/mol. The summed E-state index contributed by atoms with van der Waals surface area (Å²) < 4.78 is 0. The Kier molecular flexibility index (Phi) is 3.57. The summed E-state index contributed by atoms with van der Waals surface area (Å²) in [7, 11) is 0. The molecule has 0 radical (unpaired) electrons. The summed E-state index contributed by atoms with van der Waals surface area (Å²) >= 11 is 0. The van der Waals surface area contributed by atoms with Crippen LogP contribution in [-0.4, -0.2) is 17.4 Å². The Morgan fingerprint density at radius 1 is 1.26 bits per heavy atom. The molecule has 1 aliphatic carbocycles. The van der Waals surface area contributed by atoms with Crippen LogP contribution in [-0.2, 0) is 9.59 Å². The average Bonchev–Trinajstić information content (AvgIpc) is 2.29. The molecule has 5 nitrogen and oxygen atoms in total. The molecule has 1 aromatic carbocycles. The van der Waals surface area contributed by atoms with Crippen molar-refractivity contribution in [2.75, 3.05) is 10.6 Å². The number of carbonyl (C=O) groups is 2. The Bertz CT molecular complexity index is 521. The highest BCUT2D eigenvalue weighted by atomic mass is 16.2. The molecule has 4 N–H and O–H groups in total. The topological polar surface area (TPSA) is 84.2 Å². The lowest BCUT2D eigenvalue weighted by Crippen LogP contribution is -2.56. The van der Waals surface area contributed by atoms with Crippen LogP contribution < -0.4 is 16.4 Å². The summed E-state index contributed by atoms with van der Waals surface area (Å²) in [5, 5.41) is 5.56. The van der Waals surface area contributed by atoms with E-state index in [0.717, 1.165) is 30.5 Å². The lowest BCUT2D eigenvalue weighted by atomic mass is 9.77. The maximum absolute atomic E-state index is 12.0. The SMILES string of the molecule is CC(=O)Nc1ccc(NC(=O)C2(N)CCC2)cc1C. The molecule has 0 bridgehead atoms. The highest BCUT2D eigenvalue weighted by Gasteiger charge is 2.40. The summed E-state index contributed by atoms with van der Waals surface area (Å²) in [6.07, 6.45) is 2.48. The van der Waals surface area contributed by atoms with Crippen LogP contribution in [0, 0.1) is 6.92 Å². The van der Waals surface area contributed by atoms with Crippen LogP contribution in [0.3, 0.4) is 0 Å². The predicted octanol–water partition coefficient (Wildman–Crippen LogP) is 1.77. The Balaban J connectivity index is 2.07. The van der Waals surface area contributed by atoms with Crippen molar-refractivity contribution in [2.24, 2.45) is 5.73 Å². The van der Waals surface area contributed by atoms with Crippen molar-refractivity contribution < 1.29 is 9.59 Å². The zero-order valence-electron chi connectivity index (χ0n) is 11.2. The number of aryl methyl sites for hydroxylation is 1. The first-order valence-electron chi connectivity index (χ1n) is 6.39. The van der Waals surface area contributed by atoms with Gasteiger partial charge in [0.2, 0.25) is 11.8 Å². The van der Waals surface area contributed by atoms with Gasteiger partial charge in [-0.3, -0.25) is 9.59 Å². The number of nitrogens with two attached hydrogens (primary N) is 1. The van der Waals surface area contributed by atoms with E-state index in [-0.39, 0.29) is 11.8 Å². The Labute approximate surface area is 112 Å². The van der Waals surface area contributed by atoms with Gasteiger partial charge < -0.3 is 16.4 Å². The quantitative estimate of drug-likeness (QED) is 0.775. The molecule has 5 heteroatoms. The second kappa shape index (κ2) is 5.01. The van der Waals surface area contributed by atoms with E-state index in [4.69, 9.17) is 5.73 Å². The van der Waals surface area contributed by atoms with Crippen LogP contribution in [0.25, 0.3) is 0 Å². The summed E-state index contributed by atoms with van der Waals surface area (Å²) in [4.78, 5) is 23.0. The summed E-state index contributed by atoms with van der Waals surface area (Å²) in [5.74, 6) is -0.249. The second-order valence-electron chi connectivity index (χ2n) is 5.17. The summed E-state index contributed by atoms with van der Waals surface area (Å²) in [5.41, 5.74) is 7.60. The van der Waals surface area contributed by atoms with Gasteiger partial charge in [0.15, 0.2) is 0 Å². The zero-order chi connectivity index (χ0) is 14.0. The van der Waals surface area contributed by atoms with Crippen LogP contribution in [0.4, 0.5) is 11.4 Å². The number of benzene rings is 1. The van der Waals surface area contributed by atoms with Gasteiger partial charge in [-0.15, -0.1) is 0 Å². The van der Waals surface area contributed by atoms with E-state index in [0.29, 0.717) is 5.69 Å². The monoisotopic (exact) mass is 261 g/mol. The molecule has 0 unspecified atom stereocenters. The average molecular weight is 261 g/mol. The minimum Gasteiger partial charge on any atom is -0.326 e. The molecule has 2 rings (SSSR count). The van der Waals surface area contributed by atoms with E-state index in [1.165, 1.54) is 6.92 Å². The minimum atomic E-state index is -0.704.